The van der Waals surface area contributed by atoms with E-state index in [1.54, 1.807) is 7.11 Å². The molecule has 0 aliphatic carbocycles. The maximum atomic E-state index is 9.26. The molecule has 0 radical (unpaired) electrons. The smallest absolute Gasteiger partial charge is 0.119 e. The molecule has 0 aromatic heterocycles. The van der Waals surface area contributed by atoms with Crippen molar-refractivity contribution in [2.45, 2.75) is 19.9 Å². The largest absolute Gasteiger partial charge is 0.497 e. The third kappa shape index (κ3) is 2.49. The standard InChI is InChI=1S/C12H19NO2/c1-8-5-10(15-4)6-9(2)12(8)11(7-14)13-3/h5-6,11,13-14H,7H2,1-4H3. The molecule has 3 nitrogen and oxygen atoms in total. The van der Waals surface area contributed by atoms with E-state index in [4.69, 9.17) is 4.74 Å². The van der Waals surface area contributed by atoms with E-state index in [1.807, 2.05) is 33.0 Å². The number of hydrogen-bond acceptors (Lipinski definition) is 3. The average Bonchev–Trinajstić information content (AvgIpc) is 2.23. The van der Waals surface area contributed by atoms with Crippen LogP contribution >= 0.6 is 0 Å². The molecule has 3 heteroatoms. The maximum Gasteiger partial charge on any atom is 0.119 e. The Morgan fingerprint density at radius 3 is 2.20 bits per heavy atom. The molecule has 0 heterocycles. The summed E-state index contributed by atoms with van der Waals surface area (Å²) in [4.78, 5) is 0. The molecule has 15 heavy (non-hydrogen) atoms. The molecule has 2 N–H and O–H groups in total. The van der Waals surface area contributed by atoms with Crippen molar-refractivity contribution in [3.05, 3.63) is 28.8 Å². The number of aryl methyl sites for hydroxylation is 2. The Kier molecular flexibility index (Phi) is 4.12. The first-order valence-corrected chi connectivity index (χ1v) is 5.07. The molecule has 84 valence electrons. The minimum absolute atomic E-state index is 0.00379. The predicted molar refractivity (Wildman–Crippen MR) is 61.4 cm³/mol. The van der Waals surface area contributed by atoms with Crippen LogP contribution < -0.4 is 10.1 Å². The monoisotopic (exact) mass is 209 g/mol. The molecular weight excluding hydrogens is 190 g/mol. The van der Waals surface area contributed by atoms with Gasteiger partial charge in [-0.25, -0.2) is 0 Å². The number of ether oxygens (including phenoxy) is 1. The Hall–Kier alpha value is -1.06. The van der Waals surface area contributed by atoms with Gasteiger partial charge >= 0.3 is 0 Å². The van der Waals surface area contributed by atoms with Gasteiger partial charge in [-0.1, -0.05) is 0 Å². The van der Waals surface area contributed by atoms with Crippen molar-refractivity contribution in [1.82, 2.24) is 5.32 Å². The molecule has 0 saturated carbocycles. The molecule has 1 aromatic carbocycles. The van der Waals surface area contributed by atoms with Gasteiger partial charge in [-0.05, 0) is 49.7 Å². The van der Waals surface area contributed by atoms with Gasteiger partial charge in [0.05, 0.1) is 19.8 Å². The van der Waals surface area contributed by atoms with Crippen LogP contribution in [0.15, 0.2) is 12.1 Å². The van der Waals surface area contributed by atoms with Gasteiger partial charge in [-0.15, -0.1) is 0 Å². The molecule has 0 saturated heterocycles. The minimum atomic E-state index is -0.00379. The summed E-state index contributed by atoms with van der Waals surface area (Å²) in [6.45, 7) is 4.17. The number of aliphatic hydroxyl groups excluding tert-OH is 1. The average molecular weight is 209 g/mol. The Bertz CT molecular complexity index is 309. The minimum Gasteiger partial charge on any atom is -0.497 e. The summed E-state index contributed by atoms with van der Waals surface area (Å²) in [5.74, 6) is 0.863. The SMILES string of the molecule is CNC(CO)c1c(C)cc(OC)cc1C. The number of hydrogen-bond donors (Lipinski definition) is 2. The first kappa shape index (κ1) is 12.0. The van der Waals surface area contributed by atoms with E-state index < -0.39 is 0 Å². The van der Waals surface area contributed by atoms with Crippen molar-refractivity contribution in [3.63, 3.8) is 0 Å². The Balaban J connectivity index is 3.18. The van der Waals surface area contributed by atoms with E-state index in [1.165, 1.54) is 0 Å². The fourth-order valence-corrected chi connectivity index (χ4v) is 1.93. The molecule has 1 unspecified atom stereocenters. The zero-order chi connectivity index (χ0) is 11.4. The van der Waals surface area contributed by atoms with Gasteiger partial charge in [0.15, 0.2) is 0 Å². The van der Waals surface area contributed by atoms with E-state index in [0.29, 0.717) is 0 Å². The second-order valence-corrected chi connectivity index (χ2v) is 3.70. The number of nitrogens with one attached hydrogen (secondary N) is 1. The van der Waals surface area contributed by atoms with Crippen LogP contribution in [0.2, 0.25) is 0 Å². The Morgan fingerprint density at radius 1 is 1.33 bits per heavy atom. The summed E-state index contributed by atoms with van der Waals surface area (Å²) < 4.78 is 5.19. The molecule has 1 aromatic rings. The van der Waals surface area contributed by atoms with Crippen molar-refractivity contribution in [2.75, 3.05) is 20.8 Å². The number of benzene rings is 1. The van der Waals surface area contributed by atoms with Crippen LogP contribution in [0, 0.1) is 13.8 Å². The van der Waals surface area contributed by atoms with Crippen molar-refractivity contribution in [1.29, 1.82) is 0 Å². The number of likely N-dealkylation sites (N-methyl/N-ethyl adjacent to an activating group) is 1. The molecule has 0 spiro atoms. The third-order valence-corrected chi connectivity index (χ3v) is 2.68. The van der Waals surface area contributed by atoms with E-state index >= 15 is 0 Å². The van der Waals surface area contributed by atoms with Crippen molar-refractivity contribution in [3.8, 4) is 5.75 Å². The summed E-state index contributed by atoms with van der Waals surface area (Å²) in [6, 6.07) is 3.97. The van der Waals surface area contributed by atoms with Gasteiger partial charge in [0.2, 0.25) is 0 Å². The summed E-state index contributed by atoms with van der Waals surface area (Å²) >= 11 is 0. The lowest BCUT2D eigenvalue weighted by Gasteiger charge is -2.19. The summed E-state index contributed by atoms with van der Waals surface area (Å²) in [6.07, 6.45) is 0. The molecule has 1 rings (SSSR count). The number of rotatable bonds is 4. The van der Waals surface area contributed by atoms with Gasteiger partial charge in [0.25, 0.3) is 0 Å². The van der Waals surface area contributed by atoms with Crippen molar-refractivity contribution >= 4 is 0 Å². The number of aliphatic hydroxyl groups is 1. The van der Waals surface area contributed by atoms with Crippen LogP contribution in [0.25, 0.3) is 0 Å². The van der Waals surface area contributed by atoms with Crippen LogP contribution in [-0.4, -0.2) is 25.9 Å². The highest BCUT2D eigenvalue weighted by molar-refractivity contribution is 5.42. The van der Waals surface area contributed by atoms with Crippen molar-refractivity contribution in [2.24, 2.45) is 0 Å². The zero-order valence-corrected chi connectivity index (χ0v) is 9.79. The van der Waals surface area contributed by atoms with Crippen LogP contribution in [0.1, 0.15) is 22.7 Å². The van der Waals surface area contributed by atoms with E-state index in [-0.39, 0.29) is 12.6 Å². The molecule has 0 bridgehead atoms. The lowest BCUT2D eigenvalue weighted by molar-refractivity contribution is 0.250. The van der Waals surface area contributed by atoms with Crippen LogP contribution in [0.4, 0.5) is 0 Å². The fourth-order valence-electron chi connectivity index (χ4n) is 1.93. The quantitative estimate of drug-likeness (QED) is 0.790. The highest BCUT2D eigenvalue weighted by atomic mass is 16.5. The Morgan fingerprint density at radius 2 is 1.87 bits per heavy atom. The number of methoxy groups -OCH3 is 1. The van der Waals surface area contributed by atoms with Crippen LogP contribution in [-0.2, 0) is 0 Å². The lowest BCUT2D eigenvalue weighted by atomic mass is 9.96. The molecule has 0 fully saturated rings. The first-order valence-electron chi connectivity index (χ1n) is 5.07. The normalized spacial score (nSPS) is 12.6. The van der Waals surface area contributed by atoms with Crippen LogP contribution in [0.3, 0.4) is 0 Å². The maximum absolute atomic E-state index is 9.26. The summed E-state index contributed by atoms with van der Waals surface area (Å²) in [5, 5.41) is 12.4. The summed E-state index contributed by atoms with van der Waals surface area (Å²) in [5.41, 5.74) is 3.43. The first-order chi connectivity index (χ1) is 7.13. The fraction of sp³-hybridized carbons (Fsp3) is 0.500. The molecule has 0 aliphatic heterocycles. The van der Waals surface area contributed by atoms with Gasteiger partial charge in [0, 0.05) is 0 Å². The van der Waals surface area contributed by atoms with E-state index in [2.05, 4.69) is 5.32 Å². The topological polar surface area (TPSA) is 41.5 Å². The Labute approximate surface area is 91.1 Å². The molecule has 0 aliphatic rings. The van der Waals surface area contributed by atoms with Crippen LogP contribution in [0.5, 0.6) is 5.75 Å². The van der Waals surface area contributed by atoms with E-state index in [0.717, 1.165) is 22.4 Å². The van der Waals surface area contributed by atoms with E-state index in [9.17, 15) is 5.11 Å². The highest BCUT2D eigenvalue weighted by Crippen LogP contribution is 2.26. The van der Waals surface area contributed by atoms with Gasteiger partial charge < -0.3 is 15.2 Å². The second kappa shape index (κ2) is 5.14. The summed E-state index contributed by atoms with van der Waals surface area (Å²) in [7, 11) is 3.51. The molecule has 1 atom stereocenters. The van der Waals surface area contributed by atoms with Crippen molar-refractivity contribution < 1.29 is 9.84 Å². The van der Waals surface area contributed by atoms with Gasteiger partial charge in [-0.2, -0.15) is 0 Å². The predicted octanol–water partition coefficient (Wildman–Crippen LogP) is 1.56. The lowest BCUT2D eigenvalue weighted by Crippen LogP contribution is -2.22. The second-order valence-electron chi connectivity index (χ2n) is 3.70. The highest BCUT2D eigenvalue weighted by Gasteiger charge is 2.14. The zero-order valence-electron chi connectivity index (χ0n) is 9.79. The van der Waals surface area contributed by atoms with Gasteiger partial charge in [0.1, 0.15) is 5.75 Å². The molecule has 0 amide bonds. The molecular formula is C12H19NO2. The van der Waals surface area contributed by atoms with Gasteiger partial charge in [-0.3, -0.25) is 0 Å². The third-order valence-electron chi connectivity index (χ3n) is 2.68.